The average molecular weight is 407 g/mol. The molecule has 0 saturated heterocycles. The van der Waals surface area contributed by atoms with Crippen molar-refractivity contribution in [1.82, 2.24) is 0 Å². The van der Waals surface area contributed by atoms with Crippen LogP contribution < -0.4 is 10.2 Å². The number of fused-ring (bicyclic) bond motifs is 1. The predicted molar refractivity (Wildman–Crippen MR) is 108 cm³/mol. The van der Waals surface area contributed by atoms with E-state index < -0.39 is 17.7 Å². The Morgan fingerprint density at radius 3 is 2.48 bits per heavy atom. The number of anilines is 2. The van der Waals surface area contributed by atoms with Crippen LogP contribution in [0.25, 0.3) is 0 Å². The maximum Gasteiger partial charge on any atom is 0.415 e. The molecule has 2 aromatic carbocycles. The average Bonchev–Trinajstić information content (AvgIpc) is 2.96. The molecule has 1 unspecified atom stereocenters. The molecule has 7 heteroatoms. The Balaban J connectivity index is 1.87. The predicted octanol–water partition coefficient (Wildman–Crippen LogP) is 5.30. The molecule has 0 saturated carbocycles. The van der Waals surface area contributed by atoms with E-state index in [1.165, 1.54) is 4.90 Å². The molecule has 0 fully saturated rings. The number of nitrogens with zero attached hydrogens (tertiary/aromatic N) is 1. The van der Waals surface area contributed by atoms with Crippen molar-refractivity contribution < 1.29 is 14.3 Å². The second kappa shape index (κ2) is 7.41. The summed E-state index contributed by atoms with van der Waals surface area (Å²) in [5.41, 5.74) is 1.44. The molecule has 1 N–H and O–H groups in total. The van der Waals surface area contributed by atoms with Gasteiger partial charge in [-0.2, -0.15) is 0 Å². The quantitative estimate of drug-likeness (QED) is 0.735. The van der Waals surface area contributed by atoms with Crippen molar-refractivity contribution in [3.63, 3.8) is 0 Å². The van der Waals surface area contributed by atoms with Gasteiger partial charge in [-0.1, -0.05) is 41.4 Å². The summed E-state index contributed by atoms with van der Waals surface area (Å²) >= 11 is 11.9. The third kappa shape index (κ3) is 4.37. The van der Waals surface area contributed by atoms with Crippen molar-refractivity contribution in [1.29, 1.82) is 0 Å². The first kappa shape index (κ1) is 19.5. The molecule has 0 aliphatic carbocycles. The summed E-state index contributed by atoms with van der Waals surface area (Å²) in [6.45, 7) is 5.37. The molecule has 0 radical (unpaired) electrons. The van der Waals surface area contributed by atoms with Crippen LogP contribution in [0.15, 0.2) is 42.5 Å². The van der Waals surface area contributed by atoms with Gasteiger partial charge in [-0.05, 0) is 50.6 Å². The van der Waals surface area contributed by atoms with Crippen molar-refractivity contribution in [2.45, 2.75) is 38.8 Å². The zero-order valence-corrected chi connectivity index (χ0v) is 16.8. The first-order valence-corrected chi connectivity index (χ1v) is 9.27. The van der Waals surface area contributed by atoms with Gasteiger partial charge in [0.1, 0.15) is 11.6 Å². The molecule has 2 aromatic rings. The smallest absolute Gasteiger partial charge is 0.415 e. The van der Waals surface area contributed by atoms with Crippen LogP contribution >= 0.6 is 23.2 Å². The summed E-state index contributed by atoms with van der Waals surface area (Å²) < 4.78 is 5.51. The molecule has 0 aromatic heterocycles. The van der Waals surface area contributed by atoms with Crippen LogP contribution in [-0.4, -0.2) is 23.6 Å². The molecule has 3 rings (SSSR count). The van der Waals surface area contributed by atoms with Gasteiger partial charge < -0.3 is 10.1 Å². The monoisotopic (exact) mass is 406 g/mol. The fourth-order valence-corrected chi connectivity index (χ4v) is 3.23. The lowest BCUT2D eigenvalue weighted by Gasteiger charge is -2.28. The molecule has 5 nitrogen and oxygen atoms in total. The first-order chi connectivity index (χ1) is 12.7. The van der Waals surface area contributed by atoms with Gasteiger partial charge in [-0.25, -0.2) is 4.79 Å². The number of benzene rings is 2. The summed E-state index contributed by atoms with van der Waals surface area (Å²) in [6.07, 6.45) is -0.149. The highest BCUT2D eigenvalue weighted by molar-refractivity contribution is 6.42. The minimum absolute atomic E-state index is 0.324. The van der Waals surface area contributed by atoms with Gasteiger partial charge >= 0.3 is 6.09 Å². The van der Waals surface area contributed by atoms with Gasteiger partial charge in [0.05, 0.1) is 15.7 Å². The van der Waals surface area contributed by atoms with Crippen LogP contribution in [0.4, 0.5) is 16.2 Å². The number of amides is 2. The second-order valence-electron chi connectivity index (χ2n) is 7.32. The van der Waals surface area contributed by atoms with Gasteiger partial charge in [0.25, 0.3) is 0 Å². The van der Waals surface area contributed by atoms with E-state index in [0.717, 1.165) is 5.56 Å². The number of carbonyl (C=O) groups excluding carboxylic acids is 2. The standard InChI is InChI=1S/C20H20Cl2N2O3/c1-20(2,3)27-19(26)24-16-7-5-4-6-12(16)10-17(24)18(25)23-13-8-9-14(21)15(22)11-13/h4-9,11,17H,10H2,1-3H3,(H,23,25). The van der Waals surface area contributed by atoms with Crippen molar-refractivity contribution in [3.8, 4) is 0 Å². The Hall–Kier alpha value is -2.24. The Kier molecular flexibility index (Phi) is 5.36. The van der Waals surface area contributed by atoms with E-state index >= 15 is 0 Å². The summed E-state index contributed by atoms with van der Waals surface area (Å²) in [5.74, 6) is -0.324. The number of rotatable bonds is 2. The fourth-order valence-electron chi connectivity index (χ4n) is 2.93. The first-order valence-electron chi connectivity index (χ1n) is 8.52. The fraction of sp³-hybridized carbons (Fsp3) is 0.300. The van der Waals surface area contributed by atoms with Crippen molar-refractivity contribution >= 4 is 46.6 Å². The molecule has 142 valence electrons. The molecule has 0 bridgehead atoms. The Morgan fingerprint density at radius 2 is 1.81 bits per heavy atom. The van der Waals surface area contributed by atoms with E-state index in [2.05, 4.69) is 5.32 Å². The molecular formula is C20H20Cl2N2O3. The lowest BCUT2D eigenvalue weighted by Crippen LogP contribution is -2.47. The summed E-state index contributed by atoms with van der Waals surface area (Å²) in [6, 6.07) is 11.5. The minimum atomic E-state index is -0.716. The zero-order valence-electron chi connectivity index (χ0n) is 15.3. The molecular weight excluding hydrogens is 387 g/mol. The van der Waals surface area contributed by atoms with E-state index in [-0.39, 0.29) is 5.91 Å². The van der Waals surface area contributed by atoms with E-state index in [0.29, 0.717) is 27.8 Å². The maximum absolute atomic E-state index is 12.9. The molecule has 1 aliphatic heterocycles. The molecule has 27 heavy (non-hydrogen) atoms. The highest BCUT2D eigenvalue weighted by atomic mass is 35.5. The molecule has 0 spiro atoms. The number of halogens is 2. The third-order valence-corrected chi connectivity index (χ3v) is 4.80. The molecule has 2 amide bonds. The Morgan fingerprint density at radius 1 is 1.11 bits per heavy atom. The number of ether oxygens (including phenoxy) is 1. The van der Waals surface area contributed by atoms with Crippen LogP contribution in [0.2, 0.25) is 10.0 Å². The number of carbonyl (C=O) groups is 2. The maximum atomic E-state index is 12.9. The zero-order chi connectivity index (χ0) is 19.8. The van der Waals surface area contributed by atoms with Crippen molar-refractivity contribution in [2.24, 2.45) is 0 Å². The topological polar surface area (TPSA) is 58.6 Å². The largest absolute Gasteiger partial charge is 0.443 e. The van der Waals surface area contributed by atoms with Crippen LogP contribution in [0.5, 0.6) is 0 Å². The van der Waals surface area contributed by atoms with Crippen LogP contribution in [-0.2, 0) is 16.0 Å². The highest BCUT2D eigenvalue weighted by Crippen LogP contribution is 2.34. The second-order valence-corrected chi connectivity index (χ2v) is 8.13. The van der Waals surface area contributed by atoms with E-state index in [1.54, 1.807) is 39.0 Å². The van der Waals surface area contributed by atoms with Gasteiger partial charge in [0, 0.05) is 12.1 Å². The van der Waals surface area contributed by atoms with Gasteiger partial charge in [0.2, 0.25) is 5.91 Å². The normalized spacial score (nSPS) is 16.0. The molecule has 1 aliphatic rings. The van der Waals surface area contributed by atoms with E-state index in [1.807, 2.05) is 24.3 Å². The van der Waals surface area contributed by atoms with Crippen LogP contribution in [0, 0.1) is 0 Å². The number of para-hydroxylation sites is 1. The lowest BCUT2D eigenvalue weighted by molar-refractivity contribution is -0.117. The SMILES string of the molecule is CC(C)(C)OC(=O)N1c2ccccc2CC1C(=O)Nc1ccc(Cl)c(Cl)c1. The van der Waals surface area contributed by atoms with Crippen molar-refractivity contribution in [2.75, 3.05) is 10.2 Å². The van der Waals surface area contributed by atoms with Crippen molar-refractivity contribution in [3.05, 3.63) is 58.1 Å². The number of hydrogen-bond acceptors (Lipinski definition) is 3. The van der Waals surface area contributed by atoms with Gasteiger partial charge in [-0.15, -0.1) is 0 Å². The van der Waals surface area contributed by atoms with Crippen LogP contribution in [0.3, 0.4) is 0 Å². The summed E-state index contributed by atoms with van der Waals surface area (Å²) in [7, 11) is 0. The Labute approximate surface area is 168 Å². The number of nitrogens with one attached hydrogen (secondary N) is 1. The van der Waals surface area contributed by atoms with Gasteiger partial charge in [-0.3, -0.25) is 9.69 Å². The highest BCUT2D eigenvalue weighted by Gasteiger charge is 2.40. The number of hydrogen-bond donors (Lipinski definition) is 1. The van der Waals surface area contributed by atoms with Gasteiger partial charge in [0.15, 0.2) is 0 Å². The molecule has 1 heterocycles. The van der Waals surface area contributed by atoms with Crippen LogP contribution in [0.1, 0.15) is 26.3 Å². The minimum Gasteiger partial charge on any atom is -0.443 e. The summed E-state index contributed by atoms with van der Waals surface area (Å²) in [4.78, 5) is 27.1. The lowest BCUT2D eigenvalue weighted by atomic mass is 10.1. The third-order valence-electron chi connectivity index (χ3n) is 4.06. The summed E-state index contributed by atoms with van der Waals surface area (Å²) in [5, 5.41) is 3.55. The van der Waals surface area contributed by atoms with E-state index in [9.17, 15) is 9.59 Å². The van der Waals surface area contributed by atoms with E-state index in [4.69, 9.17) is 27.9 Å². The Bertz CT molecular complexity index is 893. The molecule has 1 atom stereocenters.